The maximum absolute atomic E-state index is 12.5. The van der Waals surface area contributed by atoms with Gasteiger partial charge in [-0.05, 0) is 17.7 Å². The van der Waals surface area contributed by atoms with Crippen LogP contribution in [0.2, 0.25) is 0 Å². The van der Waals surface area contributed by atoms with E-state index in [2.05, 4.69) is 0 Å². The molecule has 1 amide bonds. The van der Waals surface area contributed by atoms with Gasteiger partial charge >= 0.3 is 0 Å². The molecular weight excluding hydrogens is 278 g/mol. The van der Waals surface area contributed by atoms with Gasteiger partial charge < -0.3 is 14.7 Å². The van der Waals surface area contributed by atoms with Crippen molar-refractivity contribution in [2.75, 3.05) is 19.7 Å². The first-order valence-electron chi connectivity index (χ1n) is 7.44. The monoisotopic (exact) mass is 297 g/mol. The maximum Gasteiger partial charge on any atom is 0.254 e. The third-order valence-corrected chi connectivity index (χ3v) is 3.89. The average Bonchev–Trinajstić information content (AvgIpc) is 2.62. The molecule has 0 aliphatic carbocycles. The molecule has 2 atom stereocenters. The molecule has 1 aliphatic rings. The predicted octanol–water partition coefficient (Wildman–Crippen LogP) is 2.26. The van der Waals surface area contributed by atoms with Crippen LogP contribution in [-0.4, -0.2) is 41.7 Å². The number of benzene rings is 2. The lowest BCUT2D eigenvalue weighted by atomic mass is 10.0. The number of aliphatic hydroxyl groups excluding tert-OH is 1. The molecule has 22 heavy (non-hydrogen) atoms. The van der Waals surface area contributed by atoms with E-state index in [1.54, 1.807) is 17.0 Å². The Hall–Kier alpha value is -2.17. The summed E-state index contributed by atoms with van der Waals surface area (Å²) in [6.45, 7) is 1.38. The van der Waals surface area contributed by atoms with Crippen LogP contribution >= 0.6 is 0 Å². The Morgan fingerprint density at radius 3 is 2.41 bits per heavy atom. The van der Waals surface area contributed by atoms with Crippen LogP contribution in [0.3, 0.4) is 0 Å². The van der Waals surface area contributed by atoms with Crippen molar-refractivity contribution >= 4 is 5.91 Å². The molecule has 0 saturated carbocycles. The lowest BCUT2D eigenvalue weighted by molar-refractivity contribution is -0.0820. The van der Waals surface area contributed by atoms with Crippen molar-refractivity contribution in [1.29, 1.82) is 0 Å². The molecule has 0 aromatic heterocycles. The average molecular weight is 297 g/mol. The minimum Gasteiger partial charge on any atom is -0.386 e. The summed E-state index contributed by atoms with van der Waals surface area (Å²) in [6.07, 6.45) is -1.13. The minimum absolute atomic E-state index is 0.0193. The van der Waals surface area contributed by atoms with Crippen molar-refractivity contribution in [3.63, 3.8) is 0 Å². The molecule has 0 radical (unpaired) electrons. The first-order valence-corrected chi connectivity index (χ1v) is 7.44. The zero-order chi connectivity index (χ0) is 15.4. The molecule has 3 rings (SSSR count). The molecule has 4 nitrogen and oxygen atoms in total. The van der Waals surface area contributed by atoms with Crippen LogP contribution in [-0.2, 0) is 4.74 Å². The number of hydrogen-bond acceptors (Lipinski definition) is 3. The van der Waals surface area contributed by atoms with Crippen LogP contribution in [0.4, 0.5) is 0 Å². The smallest absolute Gasteiger partial charge is 0.254 e. The fourth-order valence-electron chi connectivity index (χ4n) is 2.68. The summed E-state index contributed by atoms with van der Waals surface area (Å²) in [5.41, 5.74) is 1.47. The van der Waals surface area contributed by atoms with Crippen LogP contribution in [0.1, 0.15) is 22.0 Å². The zero-order valence-corrected chi connectivity index (χ0v) is 12.3. The molecule has 0 unspecified atom stereocenters. The Bertz CT molecular complexity index is 615. The summed E-state index contributed by atoms with van der Waals surface area (Å²) in [6, 6.07) is 18.6. The third kappa shape index (κ3) is 3.18. The summed E-state index contributed by atoms with van der Waals surface area (Å²) >= 11 is 0. The molecule has 1 aliphatic heterocycles. The Labute approximate surface area is 130 Å². The van der Waals surface area contributed by atoms with Gasteiger partial charge in [0.2, 0.25) is 0 Å². The van der Waals surface area contributed by atoms with Gasteiger partial charge in [-0.25, -0.2) is 0 Å². The molecule has 114 valence electrons. The molecule has 0 spiro atoms. The van der Waals surface area contributed by atoms with Crippen molar-refractivity contribution in [3.8, 4) is 0 Å². The van der Waals surface area contributed by atoms with Gasteiger partial charge in [-0.15, -0.1) is 0 Å². The molecule has 0 bridgehead atoms. The number of rotatable bonds is 3. The van der Waals surface area contributed by atoms with Gasteiger partial charge in [-0.3, -0.25) is 4.79 Å². The highest BCUT2D eigenvalue weighted by molar-refractivity contribution is 5.94. The molecule has 1 saturated heterocycles. The van der Waals surface area contributed by atoms with Crippen molar-refractivity contribution in [2.45, 2.75) is 12.2 Å². The van der Waals surface area contributed by atoms with E-state index >= 15 is 0 Å². The molecule has 1 fully saturated rings. The second-order valence-corrected chi connectivity index (χ2v) is 5.38. The number of carbonyl (C=O) groups is 1. The second-order valence-electron chi connectivity index (χ2n) is 5.38. The van der Waals surface area contributed by atoms with E-state index in [9.17, 15) is 9.90 Å². The van der Waals surface area contributed by atoms with Gasteiger partial charge in [0.25, 0.3) is 5.91 Å². The predicted molar refractivity (Wildman–Crippen MR) is 83.5 cm³/mol. The van der Waals surface area contributed by atoms with Crippen molar-refractivity contribution in [3.05, 3.63) is 71.8 Å². The van der Waals surface area contributed by atoms with Crippen LogP contribution in [0.5, 0.6) is 0 Å². The third-order valence-electron chi connectivity index (χ3n) is 3.89. The molecular formula is C18H19NO3. The van der Waals surface area contributed by atoms with Gasteiger partial charge in [0.05, 0.1) is 13.2 Å². The van der Waals surface area contributed by atoms with E-state index in [4.69, 9.17) is 4.74 Å². The van der Waals surface area contributed by atoms with E-state index < -0.39 is 12.2 Å². The lowest BCUT2D eigenvalue weighted by Gasteiger charge is -2.35. The van der Waals surface area contributed by atoms with Crippen LogP contribution < -0.4 is 0 Å². The van der Waals surface area contributed by atoms with Crippen LogP contribution in [0.15, 0.2) is 60.7 Å². The standard InChI is InChI=1S/C18H19NO3/c20-17(14-7-3-1-4-8-14)16-13-19(11-12-22-16)18(21)15-9-5-2-6-10-15/h1-10,16-17,20H,11-13H2/t16-,17+/m0/s1. The van der Waals surface area contributed by atoms with E-state index in [-0.39, 0.29) is 5.91 Å². The molecule has 1 heterocycles. The van der Waals surface area contributed by atoms with Gasteiger partial charge in [0.1, 0.15) is 12.2 Å². The minimum atomic E-state index is -0.729. The molecule has 1 N–H and O–H groups in total. The number of ether oxygens (including phenoxy) is 1. The number of carbonyl (C=O) groups excluding carboxylic acids is 1. The highest BCUT2D eigenvalue weighted by atomic mass is 16.5. The second kappa shape index (κ2) is 6.73. The van der Waals surface area contributed by atoms with Crippen LogP contribution in [0.25, 0.3) is 0 Å². The van der Waals surface area contributed by atoms with E-state index in [0.717, 1.165) is 5.56 Å². The van der Waals surface area contributed by atoms with Gasteiger partial charge in [0, 0.05) is 12.1 Å². The first kappa shape index (κ1) is 14.8. The lowest BCUT2D eigenvalue weighted by Crippen LogP contribution is -2.47. The number of nitrogens with zero attached hydrogens (tertiary/aromatic N) is 1. The van der Waals surface area contributed by atoms with Crippen LogP contribution in [0, 0.1) is 0 Å². The topological polar surface area (TPSA) is 49.8 Å². The summed E-state index contributed by atoms with van der Waals surface area (Å²) in [4.78, 5) is 14.2. The Balaban J connectivity index is 1.70. The van der Waals surface area contributed by atoms with Gasteiger partial charge in [-0.1, -0.05) is 48.5 Å². The Kier molecular flexibility index (Phi) is 4.51. The SMILES string of the molecule is O=C(c1ccccc1)N1CCO[C@H]([C@H](O)c2ccccc2)C1. The largest absolute Gasteiger partial charge is 0.386 e. The number of morpholine rings is 1. The summed E-state index contributed by atoms with van der Waals surface area (Å²) < 4.78 is 5.67. The highest BCUT2D eigenvalue weighted by Gasteiger charge is 2.30. The Morgan fingerprint density at radius 1 is 1.09 bits per heavy atom. The van der Waals surface area contributed by atoms with Crippen molar-refractivity contribution < 1.29 is 14.6 Å². The first-order chi connectivity index (χ1) is 10.8. The zero-order valence-electron chi connectivity index (χ0n) is 12.3. The van der Waals surface area contributed by atoms with Gasteiger partial charge in [0.15, 0.2) is 0 Å². The normalized spacial score (nSPS) is 19.7. The Morgan fingerprint density at radius 2 is 1.73 bits per heavy atom. The van der Waals surface area contributed by atoms with E-state index in [1.807, 2.05) is 48.5 Å². The van der Waals surface area contributed by atoms with E-state index in [1.165, 1.54) is 0 Å². The molecule has 2 aromatic rings. The molecule has 4 heteroatoms. The number of aliphatic hydroxyl groups is 1. The summed E-state index contributed by atoms with van der Waals surface area (Å²) in [5.74, 6) is -0.0193. The summed E-state index contributed by atoms with van der Waals surface area (Å²) in [7, 11) is 0. The quantitative estimate of drug-likeness (QED) is 0.945. The number of hydrogen-bond donors (Lipinski definition) is 1. The van der Waals surface area contributed by atoms with Crippen molar-refractivity contribution in [2.24, 2.45) is 0 Å². The maximum atomic E-state index is 12.5. The highest BCUT2D eigenvalue weighted by Crippen LogP contribution is 2.23. The summed E-state index contributed by atoms with van der Waals surface area (Å²) in [5, 5.41) is 10.5. The van der Waals surface area contributed by atoms with Gasteiger partial charge in [-0.2, -0.15) is 0 Å². The fraction of sp³-hybridized carbons (Fsp3) is 0.278. The fourth-order valence-corrected chi connectivity index (χ4v) is 2.68. The van der Waals surface area contributed by atoms with Crippen molar-refractivity contribution in [1.82, 2.24) is 4.90 Å². The van der Waals surface area contributed by atoms with E-state index in [0.29, 0.717) is 25.3 Å². The number of amides is 1. The molecule has 2 aromatic carbocycles.